The van der Waals surface area contributed by atoms with E-state index in [2.05, 4.69) is 100 Å². The average Bonchev–Trinajstić information content (AvgIpc) is 3.15. The summed E-state index contributed by atoms with van der Waals surface area (Å²) in [5, 5.41) is 3.52. The summed E-state index contributed by atoms with van der Waals surface area (Å²) < 4.78 is 0. The molecular weight excluding hydrogens is 448 g/mol. The maximum atomic E-state index is 4.86. The zero-order valence-electron chi connectivity index (χ0n) is 21.9. The van der Waals surface area contributed by atoms with E-state index in [1.165, 1.54) is 22.3 Å². The van der Waals surface area contributed by atoms with Gasteiger partial charge in [0, 0.05) is 36.1 Å². The van der Waals surface area contributed by atoms with E-state index >= 15 is 0 Å². The van der Waals surface area contributed by atoms with Crippen LogP contribution < -0.4 is 10.2 Å². The van der Waals surface area contributed by atoms with Crippen molar-refractivity contribution in [1.82, 2.24) is 9.97 Å². The molecule has 0 bridgehead atoms. The zero-order chi connectivity index (χ0) is 24.4. The van der Waals surface area contributed by atoms with Gasteiger partial charge in [-0.2, -0.15) is 13.5 Å². The van der Waals surface area contributed by atoms with E-state index < -0.39 is 0 Å². The number of hydrogen-bond acceptors (Lipinski definition) is 4. The Balaban J connectivity index is 0.00000342. The van der Waals surface area contributed by atoms with Crippen molar-refractivity contribution < 1.29 is 0 Å². The van der Waals surface area contributed by atoms with Crippen LogP contribution >= 0.6 is 13.5 Å². The topological polar surface area (TPSA) is 41.1 Å². The number of nitrogens with one attached hydrogen (secondary N) is 1. The molecule has 1 heterocycles. The molecule has 4 rings (SSSR count). The Kier molecular flexibility index (Phi) is 8.44. The van der Waals surface area contributed by atoms with Crippen molar-refractivity contribution in [3.63, 3.8) is 0 Å². The van der Waals surface area contributed by atoms with Gasteiger partial charge < -0.3 is 10.2 Å². The van der Waals surface area contributed by atoms with Crippen LogP contribution in [0.15, 0.2) is 66.4 Å². The molecule has 0 fully saturated rings. The van der Waals surface area contributed by atoms with Gasteiger partial charge in [-0.25, -0.2) is 9.97 Å². The van der Waals surface area contributed by atoms with Crippen LogP contribution in [0.4, 0.5) is 17.2 Å². The summed E-state index contributed by atoms with van der Waals surface area (Å²) in [4.78, 5) is 11.8. The molecule has 1 aliphatic rings. The third-order valence-corrected chi connectivity index (χ3v) is 6.67. The first-order valence-electron chi connectivity index (χ1n) is 12.2. The number of hydrogen-bond donors (Lipinski definition) is 1. The van der Waals surface area contributed by atoms with Gasteiger partial charge in [-0.3, -0.25) is 0 Å². The van der Waals surface area contributed by atoms with E-state index in [9.17, 15) is 0 Å². The summed E-state index contributed by atoms with van der Waals surface area (Å²) in [6.45, 7) is 15.1. The third-order valence-electron chi connectivity index (χ3n) is 6.67. The molecule has 1 aliphatic carbocycles. The fourth-order valence-electron chi connectivity index (χ4n) is 4.65. The number of aryl methyl sites for hydroxylation is 2. The van der Waals surface area contributed by atoms with Crippen LogP contribution in [0.1, 0.15) is 68.2 Å². The Bertz CT molecular complexity index is 1220. The average molecular weight is 487 g/mol. The Morgan fingerprint density at radius 1 is 1.03 bits per heavy atom. The second-order valence-electron chi connectivity index (χ2n) is 9.55. The molecule has 0 radical (unpaired) electrons. The van der Waals surface area contributed by atoms with Crippen molar-refractivity contribution in [3.05, 3.63) is 94.6 Å². The molecule has 2 aromatic carbocycles. The normalized spacial score (nSPS) is 12.4. The van der Waals surface area contributed by atoms with E-state index in [1.54, 1.807) is 0 Å². The molecule has 0 atom stereocenters. The summed E-state index contributed by atoms with van der Waals surface area (Å²) in [5.41, 5.74) is 10.4. The molecule has 0 unspecified atom stereocenters. The number of benzene rings is 2. The van der Waals surface area contributed by atoms with Gasteiger partial charge in [-0.15, -0.1) is 0 Å². The molecule has 0 saturated carbocycles. The van der Waals surface area contributed by atoms with E-state index in [0.717, 1.165) is 59.2 Å². The minimum atomic E-state index is 0. The summed E-state index contributed by atoms with van der Waals surface area (Å²) in [7, 11) is 2.09. The van der Waals surface area contributed by atoms with Crippen LogP contribution in [0.25, 0.3) is 5.57 Å². The minimum absolute atomic E-state index is 0. The van der Waals surface area contributed by atoms with Gasteiger partial charge in [0.25, 0.3) is 0 Å². The van der Waals surface area contributed by atoms with Crippen LogP contribution in [0, 0.1) is 6.92 Å². The molecular formula is C30H38N4S. The van der Waals surface area contributed by atoms with Crippen molar-refractivity contribution in [2.75, 3.05) is 17.3 Å². The summed E-state index contributed by atoms with van der Waals surface area (Å²) in [6, 6.07) is 17.4. The molecule has 35 heavy (non-hydrogen) atoms. The molecule has 0 aliphatic heterocycles. The molecule has 3 aromatic rings. The van der Waals surface area contributed by atoms with Gasteiger partial charge in [0.15, 0.2) is 0 Å². The maximum absolute atomic E-state index is 4.86. The van der Waals surface area contributed by atoms with Crippen LogP contribution in [0.3, 0.4) is 0 Å². The first-order chi connectivity index (χ1) is 16.3. The lowest BCUT2D eigenvalue weighted by Gasteiger charge is -2.22. The number of aromatic nitrogens is 2. The highest BCUT2D eigenvalue weighted by Crippen LogP contribution is 2.41. The Labute approximate surface area is 217 Å². The van der Waals surface area contributed by atoms with Gasteiger partial charge >= 0.3 is 0 Å². The van der Waals surface area contributed by atoms with Gasteiger partial charge in [-0.1, -0.05) is 58.0 Å². The molecule has 1 N–H and O–H groups in total. The molecule has 4 nitrogen and oxygen atoms in total. The Hall–Kier alpha value is -3.05. The van der Waals surface area contributed by atoms with Crippen LogP contribution in [-0.4, -0.2) is 17.0 Å². The lowest BCUT2D eigenvalue weighted by Crippen LogP contribution is -2.15. The fourth-order valence-corrected chi connectivity index (χ4v) is 4.65. The van der Waals surface area contributed by atoms with Crippen LogP contribution in [0.5, 0.6) is 0 Å². The van der Waals surface area contributed by atoms with Crippen LogP contribution in [-0.2, 0) is 12.8 Å². The molecule has 1 aromatic heterocycles. The van der Waals surface area contributed by atoms with E-state index in [4.69, 9.17) is 9.97 Å². The third kappa shape index (κ3) is 5.62. The lowest BCUT2D eigenvalue weighted by atomic mass is 10.0. The molecule has 0 amide bonds. The maximum Gasteiger partial charge on any atom is 0.144 e. The van der Waals surface area contributed by atoms with Gasteiger partial charge in [0.2, 0.25) is 0 Å². The quantitative estimate of drug-likeness (QED) is 0.354. The predicted octanol–water partition coefficient (Wildman–Crippen LogP) is 7.70. The summed E-state index contributed by atoms with van der Waals surface area (Å²) in [5.74, 6) is 2.25. The standard InChI is InChI=1S/C30H36N4.H2S/c1-8-9-23-10-14-25(15-11-23)31-21(5)27-18-28-29(20(27)4)30(33-22(6)32-28)34(7)26-16-12-24(13-17-26)19(2)3;/h10-17,19,31H,5,8-9,18H2,1-4,6-7H3;1H2. The van der Waals surface area contributed by atoms with E-state index in [-0.39, 0.29) is 13.5 Å². The van der Waals surface area contributed by atoms with Crippen molar-refractivity contribution in [2.45, 2.75) is 59.8 Å². The second-order valence-corrected chi connectivity index (χ2v) is 9.55. The SMILES string of the molecule is C=C(Nc1ccc(CCC)cc1)C1=C(C)c2c(nc(C)nc2N(C)c2ccc(C(C)C)cc2)C1.S. The smallest absolute Gasteiger partial charge is 0.144 e. The first-order valence-corrected chi connectivity index (χ1v) is 12.2. The van der Waals surface area contributed by atoms with E-state index in [0.29, 0.717) is 5.92 Å². The van der Waals surface area contributed by atoms with Gasteiger partial charge in [0.1, 0.15) is 11.6 Å². The lowest BCUT2D eigenvalue weighted by molar-refractivity contribution is 0.866. The molecule has 0 saturated heterocycles. The first kappa shape index (κ1) is 26.6. The van der Waals surface area contributed by atoms with E-state index in [1.807, 2.05) is 6.92 Å². The summed E-state index contributed by atoms with van der Waals surface area (Å²) in [6.07, 6.45) is 3.02. The number of allylic oxidation sites excluding steroid dienone is 2. The number of fused-ring (bicyclic) bond motifs is 1. The number of rotatable bonds is 8. The number of anilines is 3. The van der Waals surface area contributed by atoms with Gasteiger partial charge in [-0.05, 0) is 72.7 Å². The second kappa shape index (κ2) is 11.1. The van der Waals surface area contributed by atoms with Crippen molar-refractivity contribution in [1.29, 1.82) is 0 Å². The van der Waals surface area contributed by atoms with Crippen molar-refractivity contribution >= 4 is 36.3 Å². The Morgan fingerprint density at radius 2 is 1.69 bits per heavy atom. The Morgan fingerprint density at radius 3 is 2.29 bits per heavy atom. The highest BCUT2D eigenvalue weighted by molar-refractivity contribution is 7.59. The van der Waals surface area contributed by atoms with Gasteiger partial charge in [0.05, 0.1) is 5.69 Å². The van der Waals surface area contributed by atoms with Crippen molar-refractivity contribution in [2.24, 2.45) is 0 Å². The fraction of sp³-hybridized carbons (Fsp3) is 0.333. The predicted molar refractivity (Wildman–Crippen MR) is 155 cm³/mol. The number of nitrogens with zero attached hydrogens (tertiary/aromatic N) is 3. The summed E-state index contributed by atoms with van der Waals surface area (Å²) >= 11 is 0. The monoisotopic (exact) mass is 486 g/mol. The largest absolute Gasteiger partial charge is 0.356 e. The zero-order valence-corrected chi connectivity index (χ0v) is 22.9. The minimum Gasteiger partial charge on any atom is -0.356 e. The molecule has 184 valence electrons. The molecule has 0 spiro atoms. The van der Waals surface area contributed by atoms with Crippen LogP contribution in [0.2, 0.25) is 0 Å². The van der Waals surface area contributed by atoms with Crippen molar-refractivity contribution in [3.8, 4) is 0 Å². The highest BCUT2D eigenvalue weighted by Gasteiger charge is 2.28. The molecule has 5 heteroatoms. The highest BCUT2D eigenvalue weighted by atomic mass is 32.1.